The Kier molecular flexibility index (Phi) is 7.07. The van der Waals surface area contributed by atoms with Gasteiger partial charge in [-0.1, -0.05) is 43.2 Å². The molecular weight excluding hydrogens is 362 g/mol. The molecule has 2 heterocycles. The maximum Gasteiger partial charge on any atom is 0.317 e. The third kappa shape index (κ3) is 5.46. The second-order valence-corrected chi connectivity index (χ2v) is 7.88. The van der Waals surface area contributed by atoms with Gasteiger partial charge in [0.25, 0.3) is 0 Å². The fourth-order valence-corrected chi connectivity index (χ4v) is 3.70. The van der Waals surface area contributed by atoms with Crippen LogP contribution < -0.4 is 10.2 Å². The molecule has 1 aromatic heterocycles. The Labute approximate surface area is 174 Å². The molecule has 1 saturated heterocycles. The van der Waals surface area contributed by atoms with Gasteiger partial charge in [-0.25, -0.2) is 14.8 Å². The summed E-state index contributed by atoms with van der Waals surface area (Å²) in [5.41, 5.74) is 4.74. The van der Waals surface area contributed by atoms with Crippen molar-refractivity contribution in [3.63, 3.8) is 0 Å². The number of nitrogens with zero attached hydrogens (tertiary/aromatic N) is 4. The van der Waals surface area contributed by atoms with Gasteiger partial charge >= 0.3 is 6.03 Å². The topological polar surface area (TPSA) is 61.4 Å². The Morgan fingerprint density at radius 2 is 1.72 bits per heavy atom. The zero-order chi connectivity index (χ0) is 20.8. The molecule has 2 aromatic rings. The van der Waals surface area contributed by atoms with E-state index in [1.807, 2.05) is 11.8 Å². The smallest absolute Gasteiger partial charge is 0.317 e. The van der Waals surface area contributed by atoms with Crippen molar-refractivity contribution in [1.29, 1.82) is 0 Å². The molecule has 29 heavy (non-hydrogen) atoms. The van der Waals surface area contributed by atoms with Crippen molar-refractivity contribution in [1.82, 2.24) is 20.2 Å². The molecule has 0 saturated carbocycles. The van der Waals surface area contributed by atoms with E-state index in [1.165, 1.54) is 16.7 Å². The summed E-state index contributed by atoms with van der Waals surface area (Å²) in [6, 6.07) is 8.70. The molecule has 6 heteroatoms. The number of benzene rings is 1. The van der Waals surface area contributed by atoms with E-state index < -0.39 is 0 Å². The fourth-order valence-electron chi connectivity index (χ4n) is 3.70. The molecule has 2 amide bonds. The summed E-state index contributed by atoms with van der Waals surface area (Å²) < 4.78 is 0. The van der Waals surface area contributed by atoms with Crippen LogP contribution in [0.5, 0.6) is 0 Å². The van der Waals surface area contributed by atoms with Crippen LogP contribution in [0.3, 0.4) is 0 Å². The van der Waals surface area contributed by atoms with Crippen molar-refractivity contribution in [2.45, 2.75) is 47.0 Å². The monoisotopic (exact) mass is 395 g/mol. The van der Waals surface area contributed by atoms with Gasteiger partial charge in [-0.3, -0.25) is 0 Å². The number of nitrogens with one attached hydrogen (secondary N) is 1. The molecule has 156 valence electrons. The van der Waals surface area contributed by atoms with E-state index in [0.29, 0.717) is 13.1 Å². The number of hydrogen-bond donors (Lipinski definition) is 1. The van der Waals surface area contributed by atoms with E-state index in [1.54, 1.807) is 0 Å². The minimum atomic E-state index is 0.0491. The molecule has 1 fully saturated rings. The average Bonchev–Trinajstić information content (AvgIpc) is 2.71. The summed E-state index contributed by atoms with van der Waals surface area (Å²) in [5.74, 6) is 1.81. The summed E-state index contributed by atoms with van der Waals surface area (Å²) in [6.45, 7) is 12.0. The molecule has 1 aromatic carbocycles. The molecule has 1 aliphatic heterocycles. The average molecular weight is 396 g/mol. The lowest BCUT2D eigenvalue weighted by Crippen LogP contribution is -2.52. The molecule has 0 aliphatic carbocycles. The number of aryl methyl sites for hydroxylation is 3. The minimum Gasteiger partial charge on any atom is -0.353 e. The van der Waals surface area contributed by atoms with Crippen molar-refractivity contribution in [2.24, 2.45) is 0 Å². The summed E-state index contributed by atoms with van der Waals surface area (Å²) >= 11 is 0. The Morgan fingerprint density at radius 1 is 1.03 bits per heavy atom. The lowest BCUT2D eigenvalue weighted by Gasteiger charge is -2.36. The predicted molar refractivity (Wildman–Crippen MR) is 118 cm³/mol. The molecule has 0 spiro atoms. The van der Waals surface area contributed by atoms with E-state index in [9.17, 15) is 4.79 Å². The molecule has 1 N–H and O–H groups in total. The van der Waals surface area contributed by atoms with E-state index in [-0.39, 0.29) is 6.03 Å². The van der Waals surface area contributed by atoms with E-state index in [2.05, 4.69) is 60.2 Å². The van der Waals surface area contributed by atoms with Crippen LogP contribution >= 0.6 is 0 Å². The van der Waals surface area contributed by atoms with E-state index in [4.69, 9.17) is 4.98 Å². The van der Waals surface area contributed by atoms with Crippen LogP contribution in [0, 0.1) is 20.8 Å². The first-order chi connectivity index (χ1) is 14.0. The standard InChI is InChI=1S/C23H33N5O/c1-5-6-11-24-23(29)28-14-12-27(13-15-28)22-21(18(3)25-19(4)26-22)16-20-9-7-17(2)8-10-20/h7-10H,5-6,11-16H2,1-4H3,(H,24,29). The molecule has 1 aliphatic rings. The molecule has 0 bridgehead atoms. The van der Waals surface area contributed by atoms with Crippen LogP contribution in [0.25, 0.3) is 0 Å². The first-order valence-corrected chi connectivity index (χ1v) is 10.6. The third-order valence-electron chi connectivity index (χ3n) is 5.48. The predicted octanol–water partition coefficient (Wildman–Crippen LogP) is 3.62. The first-order valence-electron chi connectivity index (χ1n) is 10.6. The number of carbonyl (C=O) groups excluding carboxylic acids is 1. The van der Waals surface area contributed by atoms with Crippen LogP contribution in [-0.4, -0.2) is 53.6 Å². The van der Waals surface area contributed by atoms with Gasteiger partial charge in [-0.2, -0.15) is 0 Å². The van der Waals surface area contributed by atoms with Crippen LogP contribution in [0.1, 0.15) is 48.0 Å². The molecule has 0 radical (unpaired) electrons. The highest BCUT2D eigenvalue weighted by Gasteiger charge is 2.24. The highest BCUT2D eigenvalue weighted by Crippen LogP contribution is 2.25. The largest absolute Gasteiger partial charge is 0.353 e. The molecular formula is C23H33N5O. The highest BCUT2D eigenvalue weighted by molar-refractivity contribution is 5.74. The van der Waals surface area contributed by atoms with Crippen molar-refractivity contribution < 1.29 is 4.79 Å². The Morgan fingerprint density at radius 3 is 2.38 bits per heavy atom. The zero-order valence-corrected chi connectivity index (χ0v) is 18.2. The number of urea groups is 1. The number of rotatable bonds is 6. The summed E-state index contributed by atoms with van der Waals surface area (Å²) in [7, 11) is 0. The number of piperazine rings is 1. The second-order valence-electron chi connectivity index (χ2n) is 7.88. The van der Waals surface area contributed by atoms with Crippen LogP contribution in [-0.2, 0) is 6.42 Å². The molecule has 6 nitrogen and oxygen atoms in total. The third-order valence-corrected chi connectivity index (χ3v) is 5.48. The minimum absolute atomic E-state index is 0.0491. The van der Waals surface area contributed by atoms with Crippen molar-refractivity contribution in [3.8, 4) is 0 Å². The molecule has 3 rings (SSSR count). The zero-order valence-electron chi connectivity index (χ0n) is 18.2. The summed E-state index contributed by atoms with van der Waals surface area (Å²) in [5, 5.41) is 3.02. The number of hydrogen-bond acceptors (Lipinski definition) is 4. The fraction of sp³-hybridized carbons (Fsp3) is 0.522. The van der Waals surface area contributed by atoms with Crippen molar-refractivity contribution in [3.05, 3.63) is 52.5 Å². The van der Waals surface area contributed by atoms with Gasteiger partial charge in [0.15, 0.2) is 0 Å². The van der Waals surface area contributed by atoms with E-state index >= 15 is 0 Å². The van der Waals surface area contributed by atoms with Gasteiger partial charge in [-0.05, 0) is 32.8 Å². The maximum atomic E-state index is 12.3. The number of unbranched alkanes of at least 4 members (excludes halogenated alkanes) is 1. The van der Waals surface area contributed by atoms with Gasteiger partial charge in [-0.15, -0.1) is 0 Å². The first kappa shape index (κ1) is 21.1. The van der Waals surface area contributed by atoms with Gasteiger partial charge in [0.1, 0.15) is 11.6 Å². The maximum absolute atomic E-state index is 12.3. The lowest BCUT2D eigenvalue weighted by atomic mass is 10.0. The number of amides is 2. The number of aromatic nitrogens is 2. The Hall–Kier alpha value is -2.63. The Bertz CT molecular complexity index is 826. The quantitative estimate of drug-likeness (QED) is 0.759. The van der Waals surface area contributed by atoms with E-state index in [0.717, 1.165) is 56.2 Å². The Balaban J connectivity index is 1.72. The highest BCUT2D eigenvalue weighted by atomic mass is 16.2. The second kappa shape index (κ2) is 9.72. The van der Waals surface area contributed by atoms with Gasteiger partial charge in [0.2, 0.25) is 0 Å². The molecule has 0 unspecified atom stereocenters. The van der Waals surface area contributed by atoms with Crippen LogP contribution in [0.2, 0.25) is 0 Å². The summed E-state index contributed by atoms with van der Waals surface area (Å²) in [4.78, 5) is 26.0. The van der Waals surface area contributed by atoms with Gasteiger partial charge in [0, 0.05) is 50.4 Å². The van der Waals surface area contributed by atoms with Crippen molar-refractivity contribution >= 4 is 11.8 Å². The van der Waals surface area contributed by atoms with Crippen LogP contribution in [0.15, 0.2) is 24.3 Å². The normalized spacial score (nSPS) is 14.2. The van der Waals surface area contributed by atoms with Crippen LogP contribution in [0.4, 0.5) is 10.6 Å². The lowest BCUT2D eigenvalue weighted by molar-refractivity contribution is 0.194. The van der Waals surface area contributed by atoms with Crippen molar-refractivity contribution in [2.75, 3.05) is 37.6 Å². The SMILES string of the molecule is CCCCNC(=O)N1CCN(c2nc(C)nc(C)c2Cc2ccc(C)cc2)CC1. The van der Waals surface area contributed by atoms with Gasteiger partial charge < -0.3 is 15.1 Å². The molecule has 0 atom stereocenters. The summed E-state index contributed by atoms with van der Waals surface area (Å²) in [6.07, 6.45) is 2.93. The number of anilines is 1. The number of carbonyl (C=O) groups is 1. The van der Waals surface area contributed by atoms with Gasteiger partial charge in [0.05, 0.1) is 0 Å².